The normalized spacial score (nSPS) is 14.3. The van der Waals surface area contributed by atoms with Gasteiger partial charge in [-0.1, -0.05) is 41.9 Å². The Bertz CT molecular complexity index is 1670. The zero-order valence-electron chi connectivity index (χ0n) is 23.1. The van der Waals surface area contributed by atoms with Crippen molar-refractivity contribution < 1.29 is 9.90 Å². The van der Waals surface area contributed by atoms with Gasteiger partial charge in [0.05, 0.1) is 0 Å². The average molecular weight is 613 g/mol. The molecule has 2 aromatic carbocycles. The molecule has 1 saturated heterocycles. The molecule has 0 bridgehead atoms. The van der Waals surface area contributed by atoms with E-state index in [0.717, 1.165) is 60.6 Å². The monoisotopic (exact) mass is 611 g/mol. The van der Waals surface area contributed by atoms with Crippen LogP contribution >= 0.6 is 24.0 Å². The highest BCUT2D eigenvalue weighted by Gasteiger charge is 2.17. The lowest BCUT2D eigenvalue weighted by molar-refractivity contribution is -0.138. The van der Waals surface area contributed by atoms with Crippen molar-refractivity contribution in [1.82, 2.24) is 24.1 Å². The molecule has 0 aliphatic carbocycles. The SMILES string of the molecule is Cl.N[C@@H](Cc1c[nH]c2ccccc12)C(=O)O.O=c1n(CCCN2CCN(c3cccc(Cl)c3)CC2)nc2ccccn12. The van der Waals surface area contributed by atoms with E-state index in [2.05, 4.69) is 25.9 Å². The van der Waals surface area contributed by atoms with Crippen LogP contribution in [-0.2, 0) is 17.8 Å². The van der Waals surface area contributed by atoms with E-state index in [9.17, 15) is 9.59 Å². The molecule has 222 valence electrons. The molecule has 6 rings (SSSR count). The number of aliphatic carboxylic acids is 1. The summed E-state index contributed by atoms with van der Waals surface area (Å²) in [6.45, 7) is 5.65. The number of hydrogen-bond donors (Lipinski definition) is 3. The summed E-state index contributed by atoms with van der Waals surface area (Å²) in [6.07, 6.45) is 4.84. The zero-order chi connectivity index (χ0) is 28.8. The molecule has 1 fully saturated rings. The van der Waals surface area contributed by atoms with Crippen LogP contribution in [0.25, 0.3) is 16.6 Å². The van der Waals surface area contributed by atoms with Crippen molar-refractivity contribution >= 4 is 52.2 Å². The van der Waals surface area contributed by atoms with Gasteiger partial charge < -0.3 is 20.7 Å². The first-order valence-electron chi connectivity index (χ1n) is 13.7. The fourth-order valence-electron chi connectivity index (χ4n) is 5.09. The summed E-state index contributed by atoms with van der Waals surface area (Å²) in [6, 6.07) is 20.5. The van der Waals surface area contributed by atoms with Gasteiger partial charge in [0, 0.05) is 79.7 Å². The highest BCUT2D eigenvalue weighted by molar-refractivity contribution is 6.30. The van der Waals surface area contributed by atoms with E-state index >= 15 is 0 Å². The minimum absolute atomic E-state index is 0. The Morgan fingerprint density at radius 1 is 1.02 bits per heavy atom. The minimum Gasteiger partial charge on any atom is -0.480 e. The van der Waals surface area contributed by atoms with Gasteiger partial charge in [0.2, 0.25) is 0 Å². The molecule has 1 aliphatic heterocycles. The number of aromatic amines is 1. The van der Waals surface area contributed by atoms with E-state index in [1.807, 2.05) is 66.9 Å². The number of nitrogens with zero attached hydrogens (tertiary/aromatic N) is 5. The molecular weight excluding hydrogens is 577 g/mol. The third-order valence-corrected chi connectivity index (χ3v) is 7.55. The molecule has 0 radical (unpaired) electrons. The predicted octanol–water partition coefficient (Wildman–Crippen LogP) is 3.91. The topological polar surface area (TPSA) is 125 Å². The van der Waals surface area contributed by atoms with Crippen LogP contribution in [0.1, 0.15) is 12.0 Å². The number of H-pyrrole nitrogens is 1. The summed E-state index contributed by atoms with van der Waals surface area (Å²) in [7, 11) is 0. The number of aryl methyl sites for hydroxylation is 1. The Morgan fingerprint density at radius 2 is 1.79 bits per heavy atom. The Morgan fingerprint density at radius 3 is 2.52 bits per heavy atom. The molecular formula is C30H35Cl2N7O3. The lowest BCUT2D eigenvalue weighted by Gasteiger charge is -2.36. The standard InChI is InChI=1S/C19H22ClN5O.C11H12N2O2.ClH/c20-16-5-3-6-17(15-16)23-13-11-22(12-14-23)8-4-10-25-19(26)24-9-2-1-7-18(24)21-25;12-9(11(14)15)5-7-6-13-10-4-2-1-3-8(7)10;/h1-3,5-7,9,15H,4,8,10-14H2;1-4,6,9,13H,5,12H2,(H,14,15);1H/t;9-;/m.0./s1. The molecule has 0 spiro atoms. The lowest BCUT2D eigenvalue weighted by atomic mass is 10.1. The minimum atomic E-state index is -0.972. The maximum atomic E-state index is 12.3. The summed E-state index contributed by atoms with van der Waals surface area (Å²) < 4.78 is 3.15. The molecule has 4 heterocycles. The predicted molar refractivity (Wildman–Crippen MR) is 169 cm³/mol. The number of aromatic nitrogens is 4. The van der Waals surface area contributed by atoms with Crippen molar-refractivity contribution in [2.75, 3.05) is 37.6 Å². The molecule has 12 heteroatoms. The van der Waals surface area contributed by atoms with E-state index in [1.54, 1.807) is 15.3 Å². The number of carboxylic acids is 1. The summed E-state index contributed by atoms with van der Waals surface area (Å²) in [5.41, 5.74) is 9.26. The summed E-state index contributed by atoms with van der Waals surface area (Å²) >= 11 is 6.09. The Hall–Kier alpha value is -3.83. The Labute approximate surface area is 254 Å². The van der Waals surface area contributed by atoms with E-state index in [0.29, 0.717) is 18.6 Å². The van der Waals surface area contributed by atoms with Crippen LogP contribution in [0, 0.1) is 0 Å². The number of piperazine rings is 1. The molecule has 10 nitrogen and oxygen atoms in total. The molecule has 5 aromatic rings. The van der Waals surface area contributed by atoms with Crippen molar-refractivity contribution in [2.45, 2.75) is 25.4 Å². The van der Waals surface area contributed by atoms with Gasteiger partial charge in [-0.05, 0) is 48.4 Å². The summed E-state index contributed by atoms with van der Waals surface area (Å²) in [5.74, 6) is -0.972. The molecule has 1 atom stereocenters. The molecule has 0 amide bonds. The molecule has 0 saturated carbocycles. The maximum absolute atomic E-state index is 12.3. The molecule has 0 unspecified atom stereocenters. The van der Waals surface area contributed by atoms with Gasteiger partial charge in [0.25, 0.3) is 0 Å². The number of carboxylic acid groups (broad SMARTS) is 1. The number of para-hydroxylation sites is 1. The van der Waals surface area contributed by atoms with Gasteiger partial charge in [0.15, 0.2) is 5.65 Å². The van der Waals surface area contributed by atoms with Crippen LogP contribution in [-0.4, -0.2) is 73.9 Å². The Kier molecular flexibility index (Phi) is 10.6. The average Bonchev–Trinajstić information content (AvgIpc) is 3.54. The van der Waals surface area contributed by atoms with Crippen LogP contribution in [0.4, 0.5) is 5.69 Å². The number of pyridine rings is 1. The fraction of sp³-hybridized carbons (Fsp3) is 0.300. The number of hydrogen-bond acceptors (Lipinski definition) is 6. The smallest absolute Gasteiger partial charge is 0.350 e. The molecule has 1 aliphatic rings. The highest BCUT2D eigenvalue weighted by Crippen LogP contribution is 2.21. The van der Waals surface area contributed by atoms with Crippen molar-refractivity contribution in [3.8, 4) is 0 Å². The van der Waals surface area contributed by atoms with Gasteiger partial charge in [-0.15, -0.1) is 17.5 Å². The van der Waals surface area contributed by atoms with Crippen LogP contribution in [0.5, 0.6) is 0 Å². The van der Waals surface area contributed by atoms with E-state index in [1.165, 1.54) is 5.69 Å². The third-order valence-electron chi connectivity index (χ3n) is 7.31. The number of rotatable bonds is 8. The second-order valence-electron chi connectivity index (χ2n) is 10.1. The van der Waals surface area contributed by atoms with E-state index < -0.39 is 12.0 Å². The van der Waals surface area contributed by atoms with Crippen molar-refractivity contribution in [3.63, 3.8) is 0 Å². The molecule has 3 aromatic heterocycles. The first-order chi connectivity index (χ1) is 19.9. The van der Waals surface area contributed by atoms with Crippen molar-refractivity contribution in [1.29, 1.82) is 0 Å². The van der Waals surface area contributed by atoms with Crippen molar-refractivity contribution in [2.24, 2.45) is 5.73 Å². The number of halogens is 2. The van der Waals surface area contributed by atoms with Gasteiger partial charge in [-0.3, -0.25) is 14.1 Å². The second-order valence-corrected chi connectivity index (χ2v) is 10.5. The quantitative estimate of drug-likeness (QED) is 0.243. The van der Waals surface area contributed by atoms with E-state index in [4.69, 9.17) is 22.4 Å². The van der Waals surface area contributed by atoms with Crippen LogP contribution < -0.4 is 16.3 Å². The molecule has 42 heavy (non-hydrogen) atoms. The zero-order valence-corrected chi connectivity index (χ0v) is 24.7. The number of anilines is 1. The van der Waals surface area contributed by atoms with Crippen molar-refractivity contribution in [3.05, 3.63) is 100 Å². The third kappa shape index (κ3) is 7.51. The van der Waals surface area contributed by atoms with Gasteiger partial charge in [-0.25, -0.2) is 9.48 Å². The van der Waals surface area contributed by atoms with Crippen LogP contribution in [0.15, 0.2) is 83.9 Å². The van der Waals surface area contributed by atoms with E-state index in [-0.39, 0.29) is 18.1 Å². The van der Waals surface area contributed by atoms with Crippen LogP contribution in [0.2, 0.25) is 5.02 Å². The summed E-state index contributed by atoms with van der Waals surface area (Å²) in [5, 5.41) is 14.9. The van der Waals surface area contributed by atoms with Crippen LogP contribution in [0.3, 0.4) is 0 Å². The van der Waals surface area contributed by atoms with Gasteiger partial charge >= 0.3 is 11.7 Å². The summed E-state index contributed by atoms with van der Waals surface area (Å²) in [4.78, 5) is 30.8. The Balaban J connectivity index is 0.000000216. The number of benzene rings is 2. The maximum Gasteiger partial charge on any atom is 0.350 e. The lowest BCUT2D eigenvalue weighted by Crippen LogP contribution is -2.46. The van der Waals surface area contributed by atoms with Gasteiger partial charge in [-0.2, -0.15) is 0 Å². The van der Waals surface area contributed by atoms with Gasteiger partial charge in [0.1, 0.15) is 6.04 Å². The first kappa shape index (κ1) is 31.1. The number of fused-ring (bicyclic) bond motifs is 2. The number of nitrogens with two attached hydrogens (primary N) is 1. The number of carbonyl (C=O) groups is 1. The first-order valence-corrected chi connectivity index (χ1v) is 14.1. The largest absolute Gasteiger partial charge is 0.480 e. The second kappa shape index (κ2) is 14.4. The molecule has 4 N–H and O–H groups in total. The highest BCUT2D eigenvalue weighted by atomic mass is 35.5. The number of nitrogens with one attached hydrogen (secondary N) is 1. The fourth-order valence-corrected chi connectivity index (χ4v) is 5.27.